The van der Waals surface area contributed by atoms with Crippen LogP contribution in [0.25, 0.3) is 0 Å². The number of ether oxygens (including phenoxy) is 1. The SMILES string of the molecule is OOc1cc(OC2CC(O)C2)ccn1. The number of pyridine rings is 1. The van der Waals surface area contributed by atoms with Gasteiger partial charge in [0, 0.05) is 25.1 Å². The summed E-state index contributed by atoms with van der Waals surface area (Å²) in [5.41, 5.74) is 0. The Morgan fingerprint density at radius 2 is 2.21 bits per heavy atom. The first-order valence-electron chi connectivity index (χ1n) is 4.40. The zero-order valence-electron chi connectivity index (χ0n) is 7.46. The van der Waals surface area contributed by atoms with Crippen molar-refractivity contribution < 1.29 is 20.0 Å². The second-order valence-corrected chi connectivity index (χ2v) is 3.29. The van der Waals surface area contributed by atoms with Crippen molar-refractivity contribution in [3.8, 4) is 11.6 Å². The molecule has 0 amide bonds. The first-order valence-corrected chi connectivity index (χ1v) is 4.40. The number of hydrogen-bond donors (Lipinski definition) is 2. The Morgan fingerprint density at radius 1 is 1.43 bits per heavy atom. The maximum absolute atomic E-state index is 9.04. The highest BCUT2D eigenvalue weighted by molar-refractivity contribution is 5.26. The predicted octanol–water partition coefficient (Wildman–Crippen LogP) is 0.835. The van der Waals surface area contributed by atoms with Crippen LogP contribution in [-0.4, -0.2) is 27.6 Å². The van der Waals surface area contributed by atoms with Crippen LogP contribution in [0.15, 0.2) is 18.3 Å². The number of rotatable bonds is 3. The highest BCUT2D eigenvalue weighted by Gasteiger charge is 2.28. The molecule has 2 rings (SSSR count). The van der Waals surface area contributed by atoms with E-state index in [9.17, 15) is 0 Å². The van der Waals surface area contributed by atoms with Crippen LogP contribution in [0.1, 0.15) is 12.8 Å². The van der Waals surface area contributed by atoms with Gasteiger partial charge in [0.2, 0.25) is 0 Å². The average molecular weight is 197 g/mol. The second-order valence-electron chi connectivity index (χ2n) is 3.29. The Balaban J connectivity index is 1.95. The standard InChI is InChI=1S/C9H11NO4/c11-6-3-8(4-6)13-7-1-2-10-9(5-7)14-12/h1-2,5-6,8,11-12H,3-4H2. The van der Waals surface area contributed by atoms with Crippen LogP contribution in [0.3, 0.4) is 0 Å². The molecule has 76 valence electrons. The van der Waals surface area contributed by atoms with Crippen molar-refractivity contribution in [3.05, 3.63) is 18.3 Å². The van der Waals surface area contributed by atoms with Crippen LogP contribution in [0.5, 0.6) is 11.6 Å². The van der Waals surface area contributed by atoms with E-state index in [0.29, 0.717) is 18.6 Å². The molecule has 1 fully saturated rings. The Labute approximate surface area is 80.8 Å². The van der Waals surface area contributed by atoms with E-state index in [2.05, 4.69) is 9.87 Å². The van der Waals surface area contributed by atoms with Crippen LogP contribution >= 0.6 is 0 Å². The first kappa shape index (κ1) is 9.23. The maximum atomic E-state index is 9.04. The van der Waals surface area contributed by atoms with Gasteiger partial charge >= 0.3 is 0 Å². The molecule has 1 aromatic heterocycles. The van der Waals surface area contributed by atoms with Gasteiger partial charge in [0.05, 0.1) is 6.10 Å². The highest BCUT2D eigenvalue weighted by Crippen LogP contribution is 2.26. The molecule has 1 aliphatic carbocycles. The van der Waals surface area contributed by atoms with Gasteiger partial charge in [0.15, 0.2) is 0 Å². The fourth-order valence-electron chi connectivity index (χ4n) is 1.34. The summed E-state index contributed by atoms with van der Waals surface area (Å²) in [5.74, 6) is 0.684. The molecule has 0 spiro atoms. The molecule has 0 aromatic carbocycles. The largest absolute Gasteiger partial charge is 0.490 e. The van der Waals surface area contributed by atoms with Crippen molar-refractivity contribution >= 4 is 0 Å². The summed E-state index contributed by atoms with van der Waals surface area (Å²) < 4.78 is 5.47. The monoisotopic (exact) mass is 197 g/mol. The Kier molecular flexibility index (Phi) is 2.51. The van der Waals surface area contributed by atoms with Crippen LogP contribution in [0, 0.1) is 0 Å². The summed E-state index contributed by atoms with van der Waals surface area (Å²) in [7, 11) is 0. The van der Waals surface area contributed by atoms with Gasteiger partial charge in [-0.1, -0.05) is 0 Å². The number of nitrogens with zero attached hydrogens (tertiary/aromatic N) is 1. The van der Waals surface area contributed by atoms with E-state index in [1.54, 1.807) is 6.07 Å². The van der Waals surface area contributed by atoms with E-state index in [0.717, 1.165) is 0 Å². The maximum Gasteiger partial charge on any atom is 0.259 e. The molecule has 1 aliphatic rings. The lowest BCUT2D eigenvalue weighted by molar-refractivity contribution is -0.141. The average Bonchev–Trinajstić information content (AvgIpc) is 2.16. The van der Waals surface area contributed by atoms with Crippen LogP contribution in [0.2, 0.25) is 0 Å². The summed E-state index contributed by atoms with van der Waals surface area (Å²) in [6.45, 7) is 0. The minimum atomic E-state index is -0.240. The van der Waals surface area contributed by atoms with Gasteiger partial charge in [-0.15, -0.1) is 0 Å². The molecule has 2 N–H and O–H groups in total. The van der Waals surface area contributed by atoms with Crippen molar-refractivity contribution in [2.45, 2.75) is 25.0 Å². The van der Waals surface area contributed by atoms with Crippen molar-refractivity contribution in [1.29, 1.82) is 0 Å². The molecule has 0 saturated heterocycles. The van der Waals surface area contributed by atoms with Crippen LogP contribution < -0.4 is 9.62 Å². The van der Waals surface area contributed by atoms with Gasteiger partial charge in [0.1, 0.15) is 11.9 Å². The van der Waals surface area contributed by atoms with Gasteiger partial charge in [-0.05, 0) is 6.07 Å². The lowest BCUT2D eigenvalue weighted by Gasteiger charge is -2.31. The third-order valence-corrected chi connectivity index (χ3v) is 2.17. The summed E-state index contributed by atoms with van der Waals surface area (Å²) in [5, 5.41) is 17.4. The molecule has 1 saturated carbocycles. The summed E-state index contributed by atoms with van der Waals surface area (Å²) in [6, 6.07) is 3.16. The van der Waals surface area contributed by atoms with E-state index in [1.807, 2.05) is 0 Å². The fourth-order valence-corrected chi connectivity index (χ4v) is 1.34. The number of aliphatic hydroxyl groups excluding tert-OH is 1. The molecule has 0 bridgehead atoms. The van der Waals surface area contributed by atoms with Crippen molar-refractivity contribution in [1.82, 2.24) is 4.98 Å². The van der Waals surface area contributed by atoms with Crippen molar-refractivity contribution in [2.24, 2.45) is 0 Å². The van der Waals surface area contributed by atoms with Gasteiger partial charge in [-0.2, -0.15) is 0 Å². The second kappa shape index (κ2) is 3.81. The number of hydrogen-bond acceptors (Lipinski definition) is 5. The number of aliphatic hydroxyl groups is 1. The Bertz CT molecular complexity index is 311. The highest BCUT2D eigenvalue weighted by atomic mass is 17.1. The Morgan fingerprint density at radius 3 is 2.86 bits per heavy atom. The molecule has 5 nitrogen and oxygen atoms in total. The lowest BCUT2D eigenvalue weighted by Crippen LogP contribution is -2.37. The molecule has 1 aromatic rings. The number of aromatic nitrogens is 1. The molecule has 0 aliphatic heterocycles. The van der Waals surface area contributed by atoms with E-state index in [-0.39, 0.29) is 18.1 Å². The minimum Gasteiger partial charge on any atom is -0.490 e. The van der Waals surface area contributed by atoms with E-state index in [1.165, 1.54) is 12.3 Å². The fraction of sp³-hybridized carbons (Fsp3) is 0.444. The molecule has 1 heterocycles. The summed E-state index contributed by atoms with van der Waals surface area (Å²) >= 11 is 0. The predicted molar refractivity (Wildman–Crippen MR) is 47.2 cm³/mol. The smallest absolute Gasteiger partial charge is 0.259 e. The summed E-state index contributed by atoms with van der Waals surface area (Å²) in [4.78, 5) is 7.69. The quantitative estimate of drug-likeness (QED) is 0.554. The molecule has 0 radical (unpaired) electrons. The van der Waals surface area contributed by atoms with E-state index < -0.39 is 0 Å². The summed E-state index contributed by atoms with van der Waals surface area (Å²) in [6.07, 6.45) is 2.60. The van der Waals surface area contributed by atoms with Gasteiger partial charge < -0.3 is 14.7 Å². The van der Waals surface area contributed by atoms with Crippen LogP contribution in [-0.2, 0) is 0 Å². The van der Waals surface area contributed by atoms with Crippen molar-refractivity contribution in [3.63, 3.8) is 0 Å². The molecule has 0 unspecified atom stereocenters. The third kappa shape index (κ3) is 1.94. The third-order valence-electron chi connectivity index (χ3n) is 2.17. The zero-order chi connectivity index (χ0) is 9.97. The van der Waals surface area contributed by atoms with Gasteiger partial charge in [-0.3, -0.25) is 0 Å². The Hall–Kier alpha value is -1.33. The van der Waals surface area contributed by atoms with Crippen LogP contribution in [0.4, 0.5) is 0 Å². The van der Waals surface area contributed by atoms with Gasteiger partial charge in [-0.25, -0.2) is 10.2 Å². The van der Waals surface area contributed by atoms with E-state index in [4.69, 9.17) is 15.1 Å². The lowest BCUT2D eigenvalue weighted by atomic mass is 9.92. The van der Waals surface area contributed by atoms with Crippen molar-refractivity contribution in [2.75, 3.05) is 0 Å². The first-order chi connectivity index (χ1) is 6.78. The molecular weight excluding hydrogens is 186 g/mol. The minimum absolute atomic E-state index is 0.0546. The molecule has 14 heavy (non-hydrogen) atoms. The normalized spacial score (nSPS) is 25.3. The van der Waals surface area contributed by atoms with E-state index >= 15 is 0 Å². The molecule has 0 atom stereocenters. The topological polar surface area (TPSA) is 71.8 Å². The zero-order valence-corrected chi connectivity index (χ0v) is 7.46. The molecular formula is C9H11NO4. The van der Waals surface area contributed by atoms with Gasteiger partial charge in [0.25, 0.3) is 5.88 Å². The molecule has 5 heteroatoms.